The van der Waals surface area contributed by atoms with Crippen LogP contribution in [-0.4, -0.2) is 22.6 Å². The Morgan fingerprint density at radius 2 is 1.96 bits per heavy atom. The standard InChI is InChI=1S/C19H20N2O2/c22-12-4-7-17(14-5-2-1-3-6-14)21-19(23)16-9-8-15-10-11-20-18(15)13-16/h1-3,5-6,8-11,13,17,20,22H,4,7,12H2,(H,21,23)/t17-/m1/s1. The molecule has 1 amide bonds. The average molecular weight is 308 g/mol. The van der Waals surface area contributed by atoms with Crippen LogP contribution in [0.4, 0.5) is 0 Å². The maximum atomic E-state index is 12.6. The summed E-state index contributed by atoms with van der Waals surface area (Å²) in [5.74, 6) is -0.103. The van der Waals surface area contributed by atoms with Crippen molar-refractivity contribution < 1.29 is 9.90 Å². The largest absolute Gasteiger partial charge is 0.396 e. The fourth-order valence-corrected chi connectivity index (χ4v) is 2.73. The minimum Gasteiger partial charge on any atom is -0.396 e. The van der Waals surface area contributed by atoms with Crippen molar-refractivity contribution in [1.82, 2.24) is 10.3 Å². The zero-order valence-corrected chi connectivity index (χ0v) is 12.8. The third-order valence-corrected chi connectivity index (χ3v) is 3.98. The van der Waals surface area contributed by atoms with Crippen molar-refractivity contribution in [2.24, 2.45) is 0 Å². The molecule has 0 spiro atoms. The van der Waals surface area contributed by atoms with Crippen LogP contribution in [-0.2, 0) is 0 Å². The second-order valence-corrected chi connectivity index (χ2v) is 5.58. The lowest BCUT2D eigenvalue weighted by Crippen LogP contribution is -2.28. The van der Waals surface area contributed by atoms with Crippen molar-refractivity contribution in [2.75, 3.05) is 6.61 Å². The van der Waals surface area contributed by atoms with Crippen LogP contribution in [0, 0.1) is 0 Å². The predicted octanol–water partition coefficient (Wildman–Crippen LogP) is 3.41. The molecule has 1 atom stereocenters. The van der Waals surface area contributed by atoms with Gasteiger partial charge in [0.2, 0.25) is 0 Å². The maximum Gasteiger partial charge on any atom is 0.251 e. The molecule has 23 heavy (non-hydrogen) atoms. The number of aromatic amines is 1. The number of hydrogen-bond acceptors (Lipinski definition) is 2. The van der Waals surface area contributed by atoms with E-state index in [0.717, 1.165) is 16.5 Å². The van der Waals surface area contributed by atoms with E-state index < -0.39 is 0 Å². The van der Waals surface area contributed by atoms with Gasteiger partial charge in [-0.15, -0.1) is 0 Å². The van der Waals surface area contributed by atoms with Gasteiger partial charge in [0.1, 0.15) is 0 Å². The monoisotopic (exact) mass is 308 g/mol. The number of fused-ring (bicyclic) bond motifs is 1. The lowest BCUT2D eigenvalue weighted by atomic mass is 10.0. The number of benzene rings is 2. The molecule has 0 radical (unpaired) electrons. The fourth-order valence-electron chi connectivity index (χ4n) is 2.73. The van der Waals surface area contributed by atoms with Crippen LogP contribution in [0.25, 0.3) is 10.9 Å². The van der Waals surface area contributed by atoms with Crippen molar-refractivity contribution in [2.45, 2.75) is 18.9 Å². The Bertz CT molecular complexity index is 780. The molecular formula is C19H20N2O2. The van der Waals surface area contributed by atoms with E-state index in [1.807, 2.05) is 60.8 Å². The van der Waals surface area contributed by atoms with Gasteiger partial charge < -0.3 is 15.4 Å². The third-order valence-electron chi connectivity index (χ3n) is 3.98. The molecule has 0 unspecified atom stereocenters. The second-order valence-electron chi connectivity index (χ2n) is 5.58. The number of aliphatic hydroxyl groups is 1. The van der Waals surface area contributed by atoms with E-state index in [4.69, 9.17) is 5.11 Å². The zero-order valence-electron chi connectivity index (χ0n) is 12.8. The van der Waals surface area contributed by atoms with E-state index in [-0.39, 0.29) is 18.6 Å². The van der Waals surface area contributed by atoms with Gasteiger partial charge >= 0.3 is 0 Å². The lowest BCUT2D eigenvalue weighted by Gasteiger charge is -2.19. The first-order valence-electron chi connectivity index (χ1n) is 7.82. The van der Waals surface area contributed by atoms with Gasteiger partial charge in [0.25, 0.3) is 5.91 Å². The summed E-state index contributed by atoms with van der Waals surface area (Å²) in [6.45, 7) is 0.119. The van der Waals surface area contributed by atoms with Gasteiger partial charge in [-0.3, -0.25) is 4.79 Å². The Morgan fingerprint density at radius 3 is 2.74 bits per heavy atom. The van der Waals surface area contributed by atoms with Gasteiger partial charge in [0.15, 0.2) is 0 Å². The highest BCUT2D eigenvalue weighted by atomic mass is 16.3. The molecular weight excluding hydrogens is 288 g/mol. The topological polar surface area (TPSA) is 65.1 Å². The minimum atomic E-state index is -0.103. The quantitative estimate of drug-likeness (QED) is 0.653. The van der Waals surface area contributed by atoms with E-state index in [1.54, 1.807) is 0 Å². The number of aliphatic hydroxyl groups excluding tert-OH is 1. The molecule has 0 aliphatic heterocycles. The van der Waals surface area contributed by atoms with Gasteiger partial charge in [0.05, 0.1) is 6.04 Å². The third kappa shape index (κ3) is 3.60. The number of carbonyl (C=O) groups is 1. The van der Waals surface area contributed by atoms with Gasteiger partial charge in [-0.25, -0.2) is 0 Å². The van der Waals surface area contributed by atoms with E-state index >= 15 is 0 Å². The van der Waals surface area contributed by atoms with Crippen molar-refractivity contribution in [3.63, 3.8) is 0 Å². The van der Waals surface area contributed by atoms with Crippen LogP contribution >= 0.6 is 0 Å². The van der Waals surface area contributed by atoms with Gasteiger partial charge in [-0.2, -0.15) is 0 Å². The SMILES string of the molecule is O=C(N[C@H](CCCO)c1ccccc1)c1ccc2cc[nH]c2c1. The molecule has 4 heteroatoms. The van der Waals surface area contributed by atoms with Crippen LogP contribution in [0.15, 0.2) is 60.8 Å². The Balaban J connectivity index is 1.79. The van der Waals surface area contributed by atoms with Gasteiger partial charge in [-0.05, 0) is 42.0 Å². The van der Waals surface area contributed by atoms with E-state index in [1.165, 1.54) is 0 Å². The average Bonchev–Trinajstić information content (AvgIpc) is 3.06. The molecule has 0 aliphatic carbocycles. The summed E-state index contributed by atoms with van der Waals surface area (Å²) in [4.78, 5) is 15.7. The minimum absolute atomic E-state index is 0.102. The summed E-state index contributed by atoms with van der Waals surface area (Å²) in [5.41, 5.74) is 2.63. The fraction of sp³-hybridized carbons (Fsp3) is 0.211. The summed E-state index contributed by atoms with van der Waals surface area (Å²) < 4.78 is 0. The van der Waals surface area contributed by atoms with Crippen LogP contribution in [0.5, 0.6) is 0 Å². The van der Waals surface area contributed by atoms with Crippen LogP contribution < -0.4 is 5.32 Å². The molecule has 3 rings (SSSR count). The van der Waals surface area contributed by atoms with Gasteiger partial charge in [-0.1, -0.05) is 36.4 Å². The summed E-state index contributed by atoms with van der Waals surface area (Å²) in [6, 6.07) is 17.4. The Kier molecular flexibility index (Phi) is 4.74. The maximum absolute atomic E-state index is 12.6. The molecule has 0 aliphatic rings. The van der Waals surface area contributed by atoms with E-state index in [9.17, 15) is 4.79 Å². The number of aromatic nitrogens is 1. The molecule has 118 valence electrons. The molecule has 1 aromatic heterocycles. The lowest BCUT2D eigenvalue weighted by molar-refractivity contribution is 0.0932. The number of carbonyl (C=O) groups excluding carboxylic acids is 1. The van der Waals surface area contributed by atoms with Crippen molar-refractivity contribution >= 4 is 16.8 Å². The van der Waals surface area contributed by atoms with Crippen LogP contribution in [0.1, 0.15) is 34.8 Å². The van der Waals surface area contributed by atoms with Crippen LogP contribution in [0.3, 0.4) is 0 Å². The first-order valence-corrected chi connectivity index (χ1v) is 7.82. The smallest absolute Gasteiger partial charge is 0.251 e. The van der Waals surface area contributed by atoms with Crippen molar-refractivity contribution in [3.8, 4) is 0 Å². The Morgan fingerprint density at radius 1 is 1.13 bits per heavy atom. The molecule has 0 fully saturated rings. The summed E-state index contributed by atoms with van der Waals surface area (Å²) in [5, 5.41) is 13.3. The molecule has 2 aromatic carbocycles. The molecule has 0 bridgehead atoms. The highest BCUT2D eigenvalue weighted by molar-refractivity contribution is 5.98. The van der Waals surface area contributed by atoms with Gasteiger partial charge in [0, 0.05) is 23.9 Å². The summed E-state index contributed by atoms with van der Waals surface area (Å²) in [6.07, 6.45) is 3.22. The number of nitrogens with one attached hydrogen (secondary N) is 2. The summed E-state index contributed by atoms with van der Waals surface area (Å²) in [7, 11) is 0. The first-order chi connectivity index (χ1) is 11.3. The Hall–Kier alpha value is -2.59. The number of H-pyrrole nitrogens is 1. The molecule has 0 saturated heterocycles. The molecule has 0 saturated carbocycles. The zero-order chi connectivity index (χ0) is 16.1. The molecule has 3 aromatic rings. The van der Waals surface area contributed by atoms with Crippen molar-refractivity contribution in [3.05, 3.63) is 71.9 Å². The number of rotatable bonds is 6. The van der Waals surface area contributed by atoms with E-state index in [0.29, 0.717) is 18.4 Å². The highest BCUT2D eigenvalue weighted by Gasteiger charge is 2.15. The summed E-state index contributed by atoms with van der Waals surface area (Å²) >= 11 is 0. The second kappa shape index (κ2) is 7.11. The Labute approximate surface area is 135 Å². The molecule has 1 heterocycles. The molecule has 3 N–H and O–H groups in total. The number of amides is 1. The van der Waals surface area contributed by atoms with Crippen LogP contribution in [0.2, 0.25) is 0 Å². The van der Waals surface area contributed by atoms with Crippen molar-refractivity contribution in [1.29, 1.82) is 0 Å². The highest BCUT2D eigenvalue weighted by Crippen LogP contribution is 2.20. The number of hydrogen-bond donors (Lipinski definition) is 3. The van der Waals surface area contributed by atoms with E-state index in [2.05, 4.69) is 10.3 Å². The molecule has 4 nitrogen and oxygen atoms in total. The normalized spacial score (nSPS) is 12.2. The first kappa shape index (κ1) is 15.3. The predicted molar refractivity (Wildman–Crippen MR) is 91.3 cm³/mol.